The predicted molar refractivity (Wildman–Crippen MR) is 79.5 cm³/mol. The summed E-state index contributed by atoms with van der Waals surface area (Å²) in [5.41, 5.74) is 9.74. The molecule has 1 aromatic carbocycles. The summed E-state index contributed by atoms with van der Waals surface area (Å²) in [5.74, 6) is 0.127. The lowest BCUT2D eigenvalue weighted by molar-refractivity contribution is -0.118. The molecule has 0 spiro atoms. The number of anilines is 2. The summed E-state index contributed by atoms with van der Waals surface area (Å²) < 4.78 is 0. The molecule has 1 amide bonds. The van der Waals surface area contributed by atoms with Gasteiger partial charge in [0.05, 0.1) is 6.42 Å². The third-order valence-corrected chi connectivity index (χ3v) is 3.63. The molecule has 20 heavy (non-hydrogen) atoms. The third-order valence-electron chi connectivity index (χ3n) is 3.63. The highest BCUT2D eigenvalue weighted by atomic mass is 16.2. The van der Waals surface area contributed by atoms with Gasteiger partial charge in [-0.05, 0) is 54.3 Å². The van der Waals surface area contributed by atoms with Crippen molar-refractivity contribution in [3.05, 3.63) is 53.9 Å². The molecule has 0 saturated carbocycles. The van der Waals surface area contributed by atoms with Crippen LogP contribution in [0.4, 0.5) is 11.4 Å². The van der Waals surface area contributed by atoms with E-state index < -0.39 is 0 Å². The van der Waals surface area contributed by atoms with Crippen molar-refractivity contribution < 1.29 is 4.79 Å². The van der Waals surface area contributed by atoms with E-state index in [9.17, 15) is 4.79 Å². The van der Waals surface area contributed by atoms with Gasteiger partial charge in [0.15, 0.2) is 0 Å². The van der Waals surface area contributed by atoms with Crippen molar-refractivity contribution >= 4 is 17.3 Å². The number of carbonyl (C=O) groups excluding carboxylic acids is 1. The Hall–Kier alpha value is -2.36. The van der Waals surface area contributed by atoms with Crippen molar-refractivity contribution in [2.75, 3.05) is 17.2 Å². The number of aryl methyl sites for hydroxylation is 1. The van der Waals surface area contributed by atoms with Crippen molar-refractivity contribution in [3.8, 4) is 0 Å². The van der Waals surface area contributed by atoms with Crippen molar-refractivity contribution in [2.45, 2.75) is 19.3 Å². The van der Waals surface area contributed by atoms with Gasteiger partial charge >= 0.3 is 0 Å². The molecular formula is C16H17N3O. The Morgan fingerprint density at radius 2 is 2.05 bits per heavy atom. The zero-order chi connectivity index (χ0) is 13.9. The van der Waals surface area contributed by atoms with Gasteiger partial charge in [0.2, 0.25) is 5.91 Å². The number of rotatable bonds is 2. The summed E-state index contributed by atoms with van der Waals surface area (Å²) in [6.07, 6.45) is 5.81. The normalized spacial score (nSPS) is 13.9. The molecule has 4 heteroatoms. The fourth-order valence-corrected chi connectivity index (χ4v) is 2.65. The molecule has 3 rings (SSSR count). The number of carbonyl (C=O) groups is 1. The fraction of sp³-hybridized carbons (Fsp3) is 0.250. The van der Waals surface area contributed by atoms with E-state index in [0.29, 0.717) is 6.42 Å². The first-order chi connectivity index (χ1) is 9.74. The number of aromatic nitrogens is 1. The minimum atomic E-state index is 0.127. The number of pyridine rings is 1. The average molecular weight is 267 g/mol. The van der Waals surface area contributed by atoms with E-state index in [1.54, 1.807) is 12.4 Å². The molecule has 1 aliphatic heterocycles. The zero-order valence-corrected chi connectivity index (χ0v) is 11.2. The Bertz CT molecular complexity index is 625. The van der Waals surface area contributed by atoms with Crippen molar-refractivity contribution in [3.63, 3.8) is 0 Å². The highest BCUT2D eigenvalue weighted by Crippen LogP contribution is 2.29. The summed E-state index contributed by atoms with van der Waals surface area (Å²) in [7, 11) is 0. The lowest BCUT2D eigenvalue weighted by Crippen LogP contribution is -2.36. The molecule has 0 aliphatic carbocycles. The molecule has 1 aliphatic rings. The minimum Gasteiger partial charge on any atom is -0.399 e. The maximum absolute atomic E-state index is 12.5. The summed E-state index contributed by atoms with van der Waals surface area (Å²) in [6, 6.07) is 9.55. The van der Waals surface area contributed by atoms with Gasteiger partial charge in [-0.1, -0.05) is 0 Å². The maximum Gasteiger partial charge on any atom is 0.231 e. The number of hydrogen-bond donors (Lipinski definition) is 1. The lowest BCUT2D eigenvalue weighted by Gasteiger charge is -2.29. The molecule has 102 valence electrons. The molecule has 0 unspecified atom stereocenters. The van der Waals surface area contributed by atoms with Crippen molar-refractivity contribution in [1.29, 1.82) is 0 Å². The zero-order valence-electron chi connectivity index (χ0n) is 11.2. The molecule has 2 heterocycles. The Morgan fingerprint density at radius 3 is 2.85 bits per heavy atom. The van der Waals surface area contributed by atoms with Crippen LogP contribution in [0.2, 0.25) is 0 Å². The lowest BCUT2D eigenvalue weighted by atomic mass is 10.00. The van der Waals surface area contributed by atoms with Crippen LogP contribution in [0, 0.1) is 0 Å². The SMILES string of the molecule is Nc1ccc2c(c1)CCCN2C(=O)Cc1ccncc1. The Kier molecular flexibility index (Phi) is 3.37. The van der Waals surface area contributed by atoms with E-state index >= 15 is 0 Å². The number of hydrogen-bond acceptors (Lipinski definition) is 3. The summed E-state index contributed by atoms with van der Waals surface area (Å²) >= 11 is 0. The second kappa shape index (κ2) is 5.33. The third kappa shape index (κ3) is 2.50. The Balaban J connectivity index is 1.83. The van der Waals surface area contributed by atoms with E-state index in [1.807, 2.05) is 35.2 Å². The van der Waals surface area contributed by atoms with E-state index in [-0.39, 0.29) is 5.91 Å². The quantitative estimate of drug-likeness (QED) is 0.848. The molecule has 4 nitrogen and oxygen atoms in total. The molecule has 0 atom stereocenters. The first kappa shape index (κ1) is 12.7. The molecule has 1 aromatic heterocycles. The highest BCUT2D eigenvalue weighted by Gasteiger charge is 2.22. The van der Waals surface area contributed by atoms with Gasteiger partial charge in [0.1, 0.15) is 0 Å². The molecule has 0 radical (unpaired) electrons. The van der Waals surface area contributed by atoms with Crippen LogP contribution in [0.15, 0.2) is 42.7 Å². The van der Waals surface area contributed by atoms with Gasteiger partial charge in [-0.25, -0.2) is 0 Å². The number of nitrogens with zero attached hydrogens (tertiary/aromatic N) is 2. The van der Waals surface area contributed by atoms with Crippen molar-refractivity contribution in [2.24, 2.45) is 0 Å². The molecular weight excluding hydrogens is 250 g/mol. The second-order valence-corrected chi connectivity index (χ2v) is 5.07. The number of nitrogen functional groups attached to an aromatic ring is 1. The van der Waals surface area contributed by atoms with Gasteiger partial charge in [-0.15, -0.1) is 0 Å². The first-order valence-electron chi connectivity index (χ1n) is 6.82. The Morgan fingerprint density at radius 1 is 1.25 bits per heavy atom. The van der Waals surface area contributed by atoms with E-state index in [1.165, 1.54) is 5.56 Å². The molecule has 0 saturated heterocycles. The number of benzene rings is 1. The topological polar surface area (TPSA) is 59.2 Å². The standard InChI is InChI=1S/C16H17N3O/c17-14-3-4-15-13(11-14)2-1-9-19(15)16(20)10-12-5-7-18-8-6-12/h3-8,11H,1-2,9-10,17H2. The second-order valence-electron chi connectivity index (χ2n) is 5.07. The van der Waals surface area contributed by atoms with Crippen LogP contribution >= 0.6 is 0 Å². The molecule has 0 fully saturated rings. The van der Waals surface area contributed by atoms with Gasteiger partial charge in [0.25, 0.3) is 0 Å². The number of amides is 1. The van der Waals surface area contributed by atoms with E-state index in [2.05, 4.69) is 4.98 Å². The maximum atomic E-state index is 12.5. The average Bonchev–Trinajstić information content (AvgIpc) is 2.47. The van der Waals surface area contributed by atoms with Gasteiger partial charge in [-0.3, -0.25) is 9.78 Å². The monoisotopic (exact) mass is 267 g/mol. The summed E-state index contributed by atoms with van der Waals surface area (Å²) in [6.45, 7) is 0.779. The Labute approximate surface area is 118 Å². The van der Waals surface area contributed by atoms with Gasteiger partial charge in [0, 0.05) is 30.3 Å². The van der Waals surface area contributed by atoms with Crippen LogP contribution in [0.25, 0.3) is 0 Å². The highest BCUT2D eigenvalue weighted by molar-refractivity contribution is 5.96. The first-order valence-corrected chi connectivity index (χ1v) is 6.82. The predicted octanol–water partition coefficient (Wildman–Crippen LogP) is 2.19. The van der Waals surface area contributed by atoms with Gasteiger partial charge in [-0.2, -0.15) is 0 Å². The van der Waals surface area contributed by atoms with Crippen LogP contribution < -0.4 is 10.6 Å². The number of fused-ring (bicyclic) bond motifs is 1. The molecule has 2 N–H and O–H groups in total. The number of nitrogens with two attached hydrogens (primary N) is 1. The summed E-state index contributed by atoms with van der Waals surface area (Å²) in [5, 5.41) is 0. The largest absolute Gasteiger partial charge is 0.399 e. The fourth-order valence-electron chi connectivity index (χ4n) is 2.65. The van der Waals surface area contributed by atoms with Crippen molar-refractivity contribution in [1.82, 2.24) is 4.98 Å². The van der Waals surface area contributed by atoms with Crippen LogP contribution in [0.3, 0.4) is 0 Å². The smallest absolute Gasteiger partial charge is 0.231 e. The molecule has 2 aromatic rings. The van der Waals surface area contributed by atoms with Crippen LogP contribution in [-0.2, 0) is 17.6 Å². The van der Waals surface area contributed by atoms with Crippen LogP contribution in [-0.4, -0.2) is 17.4 Å². The van der Waals surface area contributed by atoms with Gasteiger partial charge < -0.3 is 10.6 Å². The van der Waals surface area contributed by atoms with Crippen LogP contribution in [0.5, 0.6) is 0 Å². The van der Waals surface area contributed by atoms with Crippen LogP contribution in [0.1, 0.15) is 17.5 Å². The molecule has 0 bridgehead atoms. The van der Waals surface area contributed by atoms with E-state index in [4.69, 9.17) is 5.73 Å². The summed E-state index contributed by atoms with van der Waals surface area (Å²) in [4.78, 5) is 18.3. The van der Waals surface area contributed by atoms with E-state index in [0.717, 1.165) is 36.3 Å². The minimum absolute atomic E-state index is 0.127.